The van der Waals surface area contributed by atoms with Crippen LogP contribution in [0.5, 0.6) is 0 Å². The molecule has 0 radical (unpaired) electrons. The number of benzene rings is 1. The zero-order chi connectivity index (χ0) is 14.3. The summed E-state index contributed by atoms with van der Waals surface area (Å²) in [6.45, 7) is 7.96. The molecule has 0 aromatic heterocycles. The van der Waals surface area contributed by atoms with Gasteiger partial charge in [-0.25, -0.2) is 0 Å². The van der Waals surface area contributed by atoms with E-state index in [0.29, 0.717) is 12.3 Å². The van der Waals surface area contributed by atoms with Crippen LogP contribution in [0.25, 0.3) is 0 Å². The van der Waals surface area contributed by atoms with Crippen LogP contribution in [0.15, 0.2) is 30.3 Å². The van der Waals surface area contributed by atoms with Gasteiger partial charge in [-0.15, -0.1) is 0 Å². The average Bonchev–Trinajstić information content (AvgIpc) is 2.44. The van der Waals surface area contributed by atoms with Crippen molar-refractivity contribution in [2.45, 2.75) is 38.9 Å². The van der Waals surface area contributed by atoms with E-state index in [1.807, 2.05) is 42.2 Å². The van der Waals surface area contributed by atoms with E-state index in [2.05, 4.69) is 26.5 Å². The van der Waals surface area contributed by atoms with Crippen LogP contribution in [0.1, 0.15) is 32.8 Å². The average molecular weight is 279 g/mol. The summed E-state index contributed by atoms with van der Waals surface area (Å²) in [5.74, 6) is 0.691. The molecule has 0 saturated carbocycles. The molecule has 0 aliphatic heterocycles. The molecule has 2 nitrogen and oxygen atoms in total. The molecular weight excluding hydrogens is 254 g/mol. The molecule has 0 aliphatic rings. The van der Waals surface area contributed by atoms with Crippen LogP contribution in [-0.2, 0) is 11.2 Å². The summed E-state index contributed by atoms with van der Waals surface area (Å²) in [6, 6.07) is 10.1. The molecule has 0 saturated heterocycles. The maximum Gasteiger partial charge on any atom is 0.235 e. The highest BCUT2D eigenvalue weighted by Gasteiger charge is 2.21. The molecule has 0 bridgehead atoms. The summed E-state index contributed by atoms with van der Waals surface area (Å²) in [5.41, 5.74) is 1.16. The molecular formula is C16H25NOS. The lowest BCUT2D eigenvalue weighted by atomic mass is 10.1. The number of carbonyl (C=O) groups is 1. The lowest BCUT2D eigenvalue weighted by molar-refractivity contribution is -0.130. The minimum absolute atomic E-state index is 0.148. The molecule has 1 aromatic carbocycles. The summed E-state index contributed by atoms with van der Waals surface area (Å²) in [4.78, 5) is 14.3. The number of hydrogen-bond acceptors (Lipinski definition) is 2. The smallest absolute Gasteiger partial charge is 0.235 e. The Morgan fingerprint density at radius 2 is 1.89 bits per heavy atom. The van der Waals surface area contributed by atoms with Crippen LogP contribution in [0.4, 0.5) is 0 Å². The van der Waals surface area contributed by atoms with E-state index in [-0.39, 0.29) is 11.2 Å². The van der Waals surface area contributed by atoms with Gasteiger partial charge in [0.1, 0.15) is 0 Å². The van der Waals surface area contributed by atoms with Crippen molar-refractivity contribution in [1.29, 1.82) is 0 Å². The first-order chi connectivity index (χ1) is 9.08. The Kier molecular flexibility index (Phi) is 7.00. The second kappa shape index (κ2) is 8.26. The Balaban J connectivity index is 2.59. The zero-order valence-corrected chi connectivity index (χ0v) is 13.1. The number of amides is 1. The molecule has 0 aliphatic carbocycles. The SMILES string of the molecule is CCC(C)CN(CC)C(=O)C(S)Cc1ccccc1. The van der Waals surface area contributed by atoms with E-state index in [0.717, 1.165) is 25.1 Å². The van der Waals surface area contributed by atoms with Crippen molar-refractivity contribution in [2.24, 2.45) is 5.92 Å². The van der Waals surface area contributed by atoms with E-state index in [1.54, 1.807) is 0 Å². The van der Waals surface area contributed by atoms with Crippen molar-refractivity contribution in [3.63, 3.8) is 0 Å². The predicted octanol–water partition coefficient (Wildman–Crippen LogP) is 3.42. The van der Waals surface area contributed by atoms with Crippen molar-refractivity contribution in [1.82, 2.24) is 4.90 Å². The molecule has 1 amide bonds. The third-order valence-electron chi connectivity index (χ3n) is 3.48. The number of thiol groups is 1. The number of hydrogen-bond donors (Lipinski definition) is 1. The molecule has 2 unspecified atom stereocenters. The maximum atomic E-state index is 12.4. The number of rotatable bonds is 7. The molecule has 0 N–H and O–H groups in total. The third-order valence-corrected chi connectivity index (χ3v) is 3.88. The van der Waals surface area contributed by atoms with Gasteiger partial charge in [-0.05, 0) is 24.8 Å². The normalized spacial score (nSPS) is 13.9. The standard InChI is InChI=1S/C16H25NOS/c1-4-13(3)12-17(5-2)16(18)15(19)11-14-9-7-6-8-10-14/h6-10,13,15,19H,4-5,11-12H2,1-3H3. The highest BCUT2D eigenvalue weighted by atomic mass is 32.1. The van der Waals surface area contributed by atoms with Crippen LogP contribution < -0.4 is 0 Å². The summed E-state index contributed by atoms with van der Waals surface area (Å²) >= 11 is 4.49. The Hall–Kier alpha value is -0.960. The summed E-state index contributed by atoms with van der Waals surface area (Å²) in [7, 11) is 0. The van der Waals surface area contributed by atoms with Crippen LogP contribution >= 0.6 is 12.6 Å². The van der Waals surface area contributed by atoms with E-state index >= 15 is 0 Å². The lowest BCUT2D eigenvalue weighted by Crippen LogP contribution is -2.40. The first-order valence-corrected chi connectivity index (χ1v) is 7.60. The lowest BCUT2D eigenvalue weighted by Gasteiger charge is -2.26. The van der Waals surface area contributed by atoms with Gasteiger partial charge in [-0.1, -0.05) is 50.6 Å². The second-order valence-electron chi connectivity index (χ2n) is 5.10. The van der Waals surface area contributed by atoms with Gasteiger partial charge in [0, 0.05) is 13.1 Å². The molecule has 3 heteroatoms. The third kappa shape index (κ3) is 5.27. The molecule has 1 aromatic rings. The fraction of sp³-hybridized carbons (Fsp3) is 0.562. The second-order valence-corrected chi connectivity index (χ2v) is 5.72. The van der Waals surface area contributed by atoms with E-state index < -0.39 is 0 Å². The van der Waals surface area contributed by atoms with Crippen molar-refractivity contribution in [3.05, 3.63) is 35.9 Å². The van der Waals surface area contributed by atoms with E-state index in [4.69, 9.17) is 0 Å². The van der Waals surface area contributed by atoms with Gasteiger partial charge in [0.25, 0.3) is 0 Å². The van der Waals surface area contributed by atoms with Crippen LogP contribution in [0, 0.1) is 5.92 Å². The van der Waals surface area contributed by atoms with Crippen LogP contribution in [-0.4, -0.2) is 29.1 Å². The molecule has 0 heterocycles. The van der Waals surface area contributed by atoms with Gasteiger partial charge >= 0.3 is 0 Å². The number of carbonyl (C=O) groups excluding carboxylic acids is 1. The van der Waals surface area contributed by atoms with Crippen LogP contribution in [0.2, 0.25) is 0 Å². The van der Waals surface area contributed by atoms with Crippen molar-refractivity contribution in [2.75, 3.05) is 13.1 Å². The summed E-state index contributed by atoms with van der Waals surface area (Å²) in [6.07, 6.45) is 1.79. The summed E-state index contributed by atoms with van der Waals surface area (Å²) < 4.78 is 0. The fourth-order valence-corrected chi connectivity index (χ4v) is 2.39. The highest BCUT2D eigenvalue weighted by Crippen LogP contribution is 2.13. The van der Waals surface area contributed by atoms with E-state index in [1.165, 1.54) is 0 Å². The van der Waals surface area contributed by atoms with Crippen molar-refractivity contribution in [3.8, 4) is 0 Å². The Morgan fingerprint density at radius 3 is 2.42 bits per heavy atom. The van der Waals surface area contributed by atoms with Gasteiger partial charge in [-0.3, -0.25) is 4.79 Å². The molecule has 0 fully saturated rings. The van der Waals surface area contributed by atoms with Gasteiger partial charge in [0.05, 0.1) is 5.25 Å². The molecule has 19 heavy (non-hydrogen) atoms. The topological polar surface area (TPSA) is 20.3 Å². The molecule has 106 valence electrons. The Bertz CT molecular complexity index is 380. The molecule has 0 spiro atoms. The minimum atomic E-state index is -0.244. The van der Waals surface area contributed by atoms with Gasteiger partial charge in [-0.2, -0.15) is 12.6 Å². The zero-order valence-electron chi connectivity index (χ0n) is 12.2. The maximum absolute atomic E-state index is 12.4. The highest BCUT2D eigenvalue weighted by molar-refractivity contribution is 7.81. The quantitative estimate of drug-likeness (QED) is 0.758. The first-order valence-electron chi connectivity index (χ1n) is 7.09. The molecule has 2 atom stereocenters. The Labute approximate surface area is 122 Å². The van der Waals surface area contributed by atoms with E-state index in [9.17, 15) is 4.79 Å². The largest absolute Gasteiger partial charge is 0.342 e. The minimum Gasteiger partial charge on any atom is -0.342 e. The molecule has 1 rings (SSSR count). The van der Waals surface area contributed by atoms with Gasteiger partial charge in [0.2, 0.25) is 5.91 Å². The Morgan fingerprint density at radius 1 is 1.26 bits per heavy atom. The monoisotopic (exact) mass is 279 g/mol. The van der Waals surface area contributed by atoms with Crippen LogP contribution in [0.3, 0.4) is 0 Å². The van der Waals surface area contributed by atoms with Crippen molar-refractivity contribution >= 4 is 18.5 Å². The first kappa shape index (κ1) is 16.1. The fourth-order valence-electron chi connectivity index (χ4n) is 2.02. The van der Waals surface area contributed by atoms with Gasteiger partial charge < -0.3 is 4.90 Å². The van der Waals surface area contributed by atoms with Crippen molar-refractivity contribution < 1.29 is 4.79 Å². The van der Waals surface area contributed by atoms with Gasteiger partial charge in [0.15, 0.2) is 0 Å². The predicted molar refractivity (Wildman–Crippen MR) is 84.6 cm³/mol. The summed E-state index contributed by atoms with van der Waals surface area (Å²) in [5, 5.41) is -0.244. The number of nitrogens with zero attached hydrogens (tertiary/aromatic N) is 1.